The summed E-state index contributed by atoms with van der Waals surface area (Å²) >= 11 is 0. The monoisotopic (exact) mass is 501 g/mol. The van der Waals surface area contributed by atoms with Gasteiger partial charge in [0.2, 0.25) is 0 Å². The van der Waals surface area contributed by atoms with E-state index < -0.39 is 11.4 Å². The van der Waals surface area contributed by atoms with Crippen LogP contribution in [0.5, 0.6) is 5.75 Å². The Bertz CT molecular complexity index is 755. The fourth-order valence-electron chi connectivity index (χ4n) is 2.58. The number of nitrogens with zero attached hydrogens (tertiary/aromatic N) is 1. The van der Waals surface area contributed by atoms with Crippen molar-refractivity contribution >= 4 is 29.9 Å². The average molecular weight is 501 g/mol. The molecule has 1 atom stereocenters. The zero-order valence-electron chi connectivity index (χ0n) is 16.5. The highest BCUT2D eigenvalue weighted by molar-refractivity contribution is 14.0. The van der Waals surface area contributed by atoms with Gasteiger partial charge in [0.05, 0.1) is 19.7 Å². The minimum absolute atomic E-state index is 0. The Morgan fingerprint density at radius 2 is 1.86 bits per heavy atom. The van der Waals surface area contributed by atoms with Crippen molar-refractivity contribution in [3.8, 4) is 5.75 Å². The van der Waals surface area contributed by atoms with Gasteiger partial charge in [-0.2, -0.15) is 0 Å². The molecule has 154 valence electrons. The minimum atomic E-state index is -1.04. The third-order valence-corrected chi connectivity index (χ3v) is 4.06. The molecule has 5 nitrogen and oxygen atoms in total. The largest absolute Gasteiger partial charge is 0.491 e. The molecular formula is C21H29FIN3O2. The first-order chi connectivity index (χ1) is 13.0. The maximum atomic E-state index is 14.0. The van der Waals surface area contributed by atoms with Gasteiger partial charge in [-0.05, 0) is 44.0 Å². The van der Waals surface area contributed by atoms with Crippen LogP contribution in [0, 0.1) is 5.82 Å². The van der Waals surface area contributed by atoms with Crippen molar-refractivity contribution in [2.45, 2.75) is 32.9 Å². The van der Waals surface area contributed by atoms with E-state index in [1.54, 1.807) is 19.1 Å². The molecule has 0 aliphatic rings. The maximum absolute atomic E-state index is 14.0. The fourth-order valence-corrected chi connectivity index (χ4v) is 2.58. The third-order valence-electron chi connectivity index (χ3n) is 4.06. The molecule has 7 heteroatoms. The number of aliphatic imine (C=N–C) groups is 1. The van der Waals surface area contributed by atoms with E-state index in [0.717, 1.165) is 11.1 Å². The van der Waals surface area contributed by atoms with Gasteiger partial charge >= 0.3 is 0 Å². The number of hydrogen-bond donors (Lipinski definition) is 3. The number of benzene rings is 2. The summed E-state index contributed by atoms with van der Waals surface area (Å²) in [6.07, 6.45) is 0. The molecule has 0 spiro atoms. The van der Waals surface area contributed by atoms with Crippen LogP contribution in [0.15, 0.2) is 53.5 Å². The highest BCUT2D eigenvalue weighted by atomic mass is 127. The minimum Gasteiger partial charge on any atom is -0.491 e. The first-order valence-corrected chi connectivity index (χ1v) is 9.17. The molecule has 0 bridgehead atoms. The molecule has 2 aromatic carbocycles. The highest BCUT2D eigenvalue weighted by Crippen LogP contribution is 2.20. The molecule has 2 aromatic rings. The topological polar surface area (TPSA) is 65.9 Å². The Labute approximate surface area is 183 Å². The predicted molar refractivity (Wildman–Crippen MR) is 122 cm³/mol. The molecule has 0 heterocycles. The average Bonchev–Trinajstić information content (AvgIpc) is 2.67. The number of ether oxygens (including phenoxy) is 1. The van der Waals surface area contributed by atoms with Crippen molar-refractivity contribution in [2.24, 2.45) is 4.99 Å². The molecular weight excluding hydrogens is 472 g/mol. The van der Waals surface area contributed by atoms with Gasteiger partial charge < -0.3 is 20.5 Å². The molecule has 0 fully saturated rings. The quantitative estimate of drug-likeness (QED) is 0.293. The van der Waals surface area contributed by atoms with Crippen LogP contribution in [-0.2, 0) is 12.1 Å². The molecule has 0 amide bonds. The summed E-state index contributed by atoms with van der Waals surface area (Å²) in [4.78, 5) is 4.47. The molecule has 0 saturated carbocycles. The van der Waals surface area contributed by atoms with E-state index >= 15 is 0 Å². The van der Waals surface area contributed by atoms with E-state index in [2.05, 4.69) is 15.6 Å². The van der Waals surface area contributed by atoms with Gasteiger partial charge in [-0.1, -0.05) is 36.4 Å². The summed E-state index contributed by atoms with van der Waals surface area (Å²) in [5.74, 6) is 0.409. The van der Waals surface area contributed by atoms with Crippen LogP contribution >= 0.6 is 24.0 Å². The normalized spacial score (nSPS) is 13.2. The Hall–Kier alpha value is -1.87. The summed E-state index contributed by atoms with van der Waals surface area (Å²) in [6, 6.07) is 14.3. The standard InChI is InChI=1S/C21H28FN3O2.HI/c1-4-23-20(25-15-21(3,26)17-9-7-6-8-10-17)24-14-16-11-12-19(27-5-2)18(22)13-16;/h6-13,26H,4-5,14-15H2,1-3H3,(H2,23,24,25);1H. The van der Waals surface area contributed by atoms with Crippen molar-refractivity contribution in [1.82, 2.24) is 10.6 Å². The van der Waals surface area contributed by atoms with Gasteiger partial charge in [0.15, 0.2) is 17.5 Å². The van der Waals surface area contributed by atoms with Crippen LogP contribution in [0.1, 0.15) is 31.9 Å². The smallest absolute Gasteiger partial charge is 0.191 e. The zero-order valence-corrected chi connectivity index (χ0v) is 18.9. The Kier molecular flexibility index (Phi) is 10.2. The molecule has 0 aliphatic heterocycles. The molecule has 0 radical (unpaired) electrons. The summed E-state index contributed by atoms with van der Waals surface area (Å²) in [5.41, 5.74) is 0.521. The second-order valence-corrected chi connectivity index (χ2v) is 6.39. The van der Waals surface area contributed by atoms with Crippen molar-refractivity contribution in [1.29, 1.82) is 0 Å². The molecule has 0 aliphatic carbocycles. The van der Waals surface area contributed by atoms with Gasteiger partial charge in [0, 0.05) is 6.54 Å². The lowest BCUT2D eigenvalue weighted by Gasteiger charge is -2.25. The summed E-state index contributed by atoms with van der Waals surface area (Å²) in [5, 5.41) is 17.0. The Balaban J connectivity index is 0.00000392. The summed E-state index contributed by atoms with van der Waals surface area (Å²) in [7, 11) is 0. The summed E-state index contributed by atoms with van der Waals surface area (Å²) in [6.45, 7) is 7.23. The van der Waals surface area contributed by atoms with Crippen molar-refractivity contribution in [2.75, 3.05) is 19.7 Å². The van der Waals surface area contributed by atoms with Gasteiger partial charge in [0.1, 0.15) is 5.60 Å². The Morgan fingerprint density at radius 1 is 1.14 bits per heavy atom. The number of rotatable bonds is 8. The lowest BCUT2D eigenvalue weighted by molar-refractivity contribution is 0.0617. The van der Waals surface area contributed by atoms with Crippen molar-refractivity contribution < 1.29 is 14.2 Å². The number of guanidine groups is 1. The molecule has 1 unspecified atom stereocenters. The summed E-state index contributed by atoms with van der Waals surface area (Å²) < 4.78 is 19.2. The Morgan fingerprint density at radius 3 is 2.46 bits per heavy atom. The molecule has 3 N–H and O–H groups in total. The fraction of sp³-hybridized carbons (Fsp3) is 0.381. The number of nitrogens with one attached hydrogen (secondary N) is 2. The number of aliphatic hydroxyl groups is 1. The predicted octanol–water partition coefficient (Wildman–Crippen LogP) is 3.81. The van der Waals surface area contributed by atoms with Crippen LogP contribution in [0.3, 0.4) is 0 Å². The maximum Gasteiger partial charge on any atom is 0.191 e. The van der Waals surface area contributed by atoms with Gasteiger partial charge in [-0.3, -0.25) is 0 Å². The first-order valence-electron chi connectivity index (χ1n) is 9.17. The van der Waals surface area contributed by atoms with Crippen LogP contribution in [0.4, 0.5) is 4.39 Å². The zero-order chi connectivity index (χ0) is 19.7. The van der Waals surface area contributed by atoms with Crippen molar-refractivity contribution in [3.63, 3.8) is 0 Å². The van der Waals surface area contributed by atoms with Crippen LogP contribution in [0.2, 0.25) is 0 Å². The van der Waals surface area contributed by atoms with Crippen molar-refractivity contribution in [3.05, 3.63) is 65.5 Å². The highest BCUT2D eigenvalue weighted by Gasteiger charge is 2.22. The van der Waals surface area contributed by atoms with Crippen LogP contribution in [0.25, 0.3) is 0 Å². The van der Waals surface area contributed by atoms with Crippen LogP contribution < -0.4 is 15.4 Å². The molecule has 0 aromatic heterocycles. The van der Waals surface area contributed by atoms with E-state index in [-0.39, 0.29) is 29.7 Å². The van der Waals surface area contributed by atoms with E-state index in [9.17, 15) is 9.50 Å². The second kappa shape index (κ2) is 11.9. The first kappa shape index (κ1) is 24.2. The lowest BCUT2D eigenvalue weighted by atomic mass is 9.96. The van der Waals surface area contributed by atoms with E-state index in [1.165, 1.54) is 6.07 Å². The molecule has 2 rings (SSSR count). The molecule has 28 heavy (non-hydrogen) atoms. The molecule has 0 saturated heterocycles. The van der Waals surface area contributed by atoms with Gasteiger partial charge in [-0.15, -0.1) is 24.0 Å². The van der Waals surface area contributed by atoms with Gasteiger partial charge in [-0.25, -0.2) is 9.38 Å². The van der Waals surface area contributed by atoms with Gasteiger partial charge in [0.25, 0.3) is 0 Å². The third kappa shape index (κ3) is 7.27. The van der Waals surface area contributed by atoms with E-state index in [4.69, 9.17) is 4.74 Å². The SMILES string of the molecule is CCNC(=NCc1ccc(OCC)c(F)c1)NCC(C)(O)c1ccccc1.I. The number of hydrogen-bond acceptors (Lipinski definition) is 3. The van der Waals surface area contributed by atoms with E-state index in [0.29, 0.717) is 32.2 Å². The van der Waals surface area contributed by atoms with Crippen LogP contribution in [-0.4, -0.2) is 30.8 Å². The second-order valence-electron chi connectivity index (χ2n) is 6.39. The van der Waals surface area contributed by atoms with E-state index in [1.807, 2.05) is 44.2 Å². The lowest BCUT2D eigenvalue weighted by Crippen LogP contribution is -2.44. The number of halogens is 2.